The number of nitrogens with zero attached hydrogens (tertiary/aromatic N) is 1. The zero-order valence-electron chi connectivity index (χ0n) is 40.7. The van der Waals surface area contributed by atoms with Gasteiger partial charge in [-0.2, -0.15) is 0 Å². The zero-order chi connectivity index (χ0) is 48.2. The lowest BCUT2D eigenvalue weighted by atomic mass is 9.78. The number of piperidine rings is 1. The van der Waals surface area contributed by atoms with Crippen LogP contribution in [-0.2, 0) is 47.7 Å². The number of ketones is 3. The van der Waals surface area contributed by atoms with Gasteiger partial charge >= 0.3 is 5.97 Å². The van der Waals surface area contributed by atoms with Crippen molar-refractivity contribution >= 4 is 29.2 Å². The van der Waals surface area contributed by atoms with E-state index in [0.717, 1.165) is 12.0 Å². The van der Waals surface area contributed by atoms with Crippen LogP contribution in [0.4, 0.5) is 0 Å². The van der Waals surface area contributed by atoms with Gasteiger partial charge in [0.2, 0.25) is 5.79 Å². The number of aliphatic hydroxyl groups excluding tert-OH is 1. The lowest BCUT2D eigenvalue weighted by Crippen LogP contribution is -2.61. The van der Waals surface area contributed by atoms with Crippen LogP contribution >= 0.6 is 0 Å². The molecule has 14 heteroatoms. The molecule has 3 heterocycles. The van der Waals surface area contributed by atoms with Gasteiger partial charge in [-0.3, -0.25) is 19.2 Å². The summed E-state index contributed by atoms with van der Waals surface area (Å²) in [6, 6.07) is -1.14. The van der Waals surface area contributed by atoms with Gasteiger partial charge in [-0.1, -0.05) is 64.2 Å². The molecule has 2 saturated heterocycles. The van der Waals surface area contributed by atoms with Crippen molar-refractivity contribution in [3.05, 3.63) is 47.6 Å². The van der Waals surface area contributed by atoms with E-state index in [2.05, 4.69) is 0 Å². The number of fused-ring (bicyclic) bond motifs is 3. The molecule has 14 nitrogen and oxygen atoms in total. The Bertz CT molecular complexity index is 1770. The van der Waals surface area contributed by atoms with Crippen LogP contribution in [0.1, 0.15) is 132 Å². The number of aliphatic hydroxyl groups is 3. The average molecular weight is 914 g/mol. The Balaban J connectivity index is 1.71. The van der Waals surface area contributed by atoms with E-state index in [0.29, 0.717) is 63.4 Å². The van der Waals surface area contributed by atoms with Gasteiger partial charge in [0.25, 0.3) is 11.7 Å². The van der Waals surface area contributed by atoms with E-state index in [1.54, 1.807) is 41.1 Å². The molecule has 0 spiro atoms. The number of esters is 1. The summed E-state index contributed by atoms with van der Waals surface area (Å²) in [6.07, 6.45) is 12.6. The molecule has 1 amide bonds. The van der Waals surface area contributed by atoms with E-state index >= 15 is 0 Å². The van der Waals surface area contributed by atoms with Crippen molar-refractivity contribution in [2.45, 2.75) is 186 Å². The maximum absolute atomic E-state index is 14.4. The predicted octanol–water partition coefficient (Wildman–Crippen LogP) is 6.32. The Morgan fingerprint density at radius 3 is 2.26 bits per heavy atom. The van der Waals surface area contributed by atoms with Gasteiger partial charge in [0.15, 0.2) is 5.78 Å². The molecule has 65 heavy (non-hydrogen) atoms. The van der Waals surface area contributed by atoms with Gasteiger partial charge in [0.05, 0.1) is 24.4 Å². The van der Waals surface area contributed by atoms with Crippen LogP contribution in [0.2, 0.25) is 0 Å². The second-order valence-electron chi connectivity index (χ2n) is 19.7. The number of methoxy groups -OCH3 is 3. The highest BCUT2D eigenvalue weighted by Gasteiger charge is 2.53. The summed E-state index contributed by atoms with van der Waals surface area (Å²) in [7, 11) is 4.52. The minimum atomic E-state index is -2.43. The van der Waals surface area contributed by atoms with Crippen molar-refractivity contribution in [3.63, 3.8) is 0 Å². The summed E-state index contributed by atoms with van der Waals surface area (Å²) in [5, 5.41) is 34.2. The molecule has 3 fully saturated rings. The minimum Gasteiger partial charge on any atom is -0.460 e. The molecule has 1 saturated carbocycles. The van der Waals surface area contributed by atoms with Gasteiger partial charge in [-0.25, -0.2) is 4.79 Å². The number of hydrogen-bond acceptors (Lipinski definition) is 13. The number of carbonyl (C=O) groups excluding carboxylic acids is 5. The normalized spacial score (nSPS) is 40.4. The molecule has 0 aromatic heterocycles. The number of cyclic esters (lactones) is 1. The van der Waals surface area contributed by atoms with Crippen molar-refractivity contribution < 1.29 is 63.0 Å². The fourth-order valence-corrected chi connectivity index (χ4v) is 9.97. The van der Waals surface area contributed by atoms with E-state index in [-0.39, 0.29) is 61.2 Å². The molecular weight excluding hydrogens is 835 g/mol. The first-order valence-corrected chi connectivity index (χ1v) is 23.9. The van der Waals surface area contributed by atoms with E-state index in [4.69, 9.17) is 23.7 Å². The molecule has 4 rings (SSSR count). The molecule has 3 N–H and O–H groups in total. The van der Waals surface area contributed by atoms with Crippen LogP contribution < -0.4 is 0 Å². The lowest BCUT2D eigenvalue weighted by molar-refractivity contribution is -0.265. The van der Waals surface area contributed by atoms with Crippen molar-refractivity contribution in [1.82, 2.24) is 4.90 Å². The smallest absolute Gasteiger partial charge is 0.329 e. The van der Waals surface area contributed by atoms with Gasteiger partial charge in [0.1, 0.15) is 29.6 Å². The first-order chi connectivity index (χ1) is 30.7. The summed E-state index contributed by atoms with van der Waals surface area (Å²) in [6.45, 7) is 12.4. The molecule has 0 aromatic carbocycles. The van der Waals surface area contributed by atoms with E-state index in [1.807, 2.05) is 51.2 Å². The number of allylic oxidation sites excluding steroid dienone is 6. The number of rotatable bonds is 6. The van der Waals surface area contributed by atoms with Gasteiger partial charge < -0.3 is 43.9 Å². The highest BCUT2D eigenvalue weighted by Crippen LogP contribution is 2.38. The number of carbonyl (C=O) groups is 5. The second kappa shape index (κ2) is 24.6. The number of Topliss-reactive ketones (excluding diaryl/α,β-unsaturated/α-hetero) is 3. The van der Waals surface area contributed by atoms with E-state index in [9.17, 15) is 39.3 Å². The first-order valence-electron chi connectivity index (χ1n) is 23.9. The first kappa shape index (κ1) is 54.2. The van der Waals surface area contributed by atoms with Crippen LogP contribution in [0, 0.1) is 29.6 Å². The molecule has 1 aliphatic carbocycles. The molecule has 0 aromatic rings. The summed E-state index contributed by atoms with van der Waals surface area (Å²) in [5.74, 6) is -7.55. The molecule has 14 atom stereocenters. The SMILES string of the molecule is CO[C@H]1C[C@@H]2CC[C@@H](C)[C@@](O)(O2)C(=O)C(=O)N2CCCC[C@H]2C(=O)O[C@H]([C@H](C)C[C@@H]2CC[C@@H](O)[C@H](OC)C2)CC(=O)[C@H](C)/C=C(\C)[C@@](C)(O)[C@@H](OC)C(=O)CC[C@H](C)/C=C/C=C/C=C/1C. The van der Waals surface area contributed by atoms with Crippen LogP contribution in [0.25, 0.3) is 0 Å². The largest absolute Gasteiger partial charge is 0.460 e. The Kier molecular flexibility index (Phi) is 20.5. The van der Waals surface area contributed by atoms with Crippen molar-refractivity contribution in [2.24, 2.45) is 29.6 Å². The van der Waals surface area contributed by atoms with Crippen LogP contribution in [0.5, 0.6) is 0 Å². The molecule has 2 bridgehead atoms. The second-order valence-corrected chi connectivity index (χ2v) is 19.7. The molecular formula is C51H79NO13. The third kappa shape index (κ3) is 14.1. The minimum absolute atomic E-state index is 0.0312. The van der Waals surface area contributed by atoms with Crippen LogP contribution in [0.3, 0.4) is 0 Å². The van der Waals surface area contributed by atoms with Gasteiger partial charge in [-0.15, -0.1) is 0 Å². The standard InChI is InChI=1S/C51H79NO13/c1-31-16-12-11-13-17-32(2)43(61-8)29-38-22-20-35(5)51(60,65-38)46(56)48(57)52-25-15-14-18-39(52)49(58)64-44(34(4)27-37-21-24-40(53)45(28-37)62-9)30-42(55)33(3)26-36(6)50(7,59)47(63-10)41(54)23-19-31/h11-13,16-17,26,31,33-35,37-40,43-45,47,53,59-60H,14-15,18-25,27-30H2,1-10H3/b13-11+,16-12+,32-17+,36-26+/t31-,33-,34-,35-,37+,38+,39+,40-,43+,44+,45-,47+,50-,51-/m1/s1. The fraction of sp³-hybridized carbons (Fsp3) is 0.745. The Hall–Kier alpha value is -3.37. The maximum Gasteiger partial charge on any atom is 0.329 e. The average Bonchev–Trinajstić information content (AvgIpc) is 3.27. The van der Waals surface area contributed by atoms with Crippen molar-refractivity contribution in [2.75, 3.05) is 27.9 Å². The summed E-state index contributed by atoms with van der Waals surface area (Å²) in [4.78, 5) is 71.7. The monoisotopic (exact) mass is 914 g/mol. The van der Waals surface area contributed by atoms with Crippen LogP contribution in [-0.4, -0.2) is 131 Å². The van der Waals surface area contributed by atoms with Crippen LogP contribution in [0.15, 0.2) is 47.6 Å². The third-order valence-corrected chi connectivity index (χ3v) is 14.7. The molecule has 3 aliphatic heterocycles. The predicted molar refractivity (Wildman–Crippen MR) is 245 cm³/mol. The Labute approximate surface area is 387 Å². The molecule has 366 valence electrons. The quantitative estimate of drug-likeness (QED) is 0.152. The van der Waals surface area contributed by atoms with Gasteiger partial charge in [-0.05, 0) is 114 Å². The highest BCUT2D eigenvalue weighted by atomic mass is 16.6. The fourth-order valence-electron chi connectivity index (χ4n) is 9.97. The Morgan fingerprint density at radius 2 is 1.58 bits per heavy atom. The zero-order valence-corrected chi connectivity index (χ0v) is 40.7. The summed E-state index contributed by atoms with van der Waals surface area (Å²) in [5.41, 5.74) is -0.484. The lowest BCUT2D eigenvalue weighted by Gasteiger charge is -2.42. The summed E-state index contributed by atoms with van der Waals surface area (Å²) < 4.78 is 29.4. The molecule has 4 aliphatic rings. The molecule has 0 radical (unpaired) electrons. The van der Waals surface area contributed by atoms with Gasteiger partial charge in [0, 0.05) is 59.0 Å². The van der Waals surface area contributed by atoms with Crippen molar-refractivity contribution in [3.8, 4) is 0 Å². The third-order valence-electron chi connectivity index (χ3n) is 14.7. The molecule has 0 unspecified atom stereocenters. The number of ether oxygens (including phenoxy) is 5. The highest BCUT2D eigenvalue weighted by molar-refractivity contribution is 6.39. The summed E-state index contributed by atoms with van der Waals surface area (Å²) >= 11 is 0. The number of amides is 1. The van der Waals surface area contributed by atoms with E-state index in [1.165, 1.54) is 18.9 Å². The van der Waals surface area contributed by atoms with Crippen molar-refractivity contribution in [1.29, 1.82) is 0 Å². The number of hydrogen-bond donors (Lipinski definition) is 3. The maximum atomic E-state index is 14.4. The van der Waals surface area contributed by atoms with E-state index < -0.39 is 77.4 Å². The Morgan fingerprint density at radius 1 is 0.862 bits per heavy atom. The topological polar surface area (TPSA) is 195 Å².